The number of aliphatic hydroxyl groups is 1. The van der Waals surface area contributed by atoms with E-state index in [1.807, 2.05) is 27.7 Å². The Morgan fingerprint density at radius 2 is 1.97 bits per heavy atom. The Hall–Kier alpha value is -3.27. The summed E-state index contributed by atoms with van der Waals surface area (Å²) in [6, 6.07) is 3.41. The van der Waals surface area contributed by atoms with Gasteiger partial charge in [-0.05, 0) is 25.0 Å². The third-order valence-electron chi connectivity index (χ3n) is 4.56. The van der Waals surface area contributed by atoms with Crippen LogP contribution in [-0.4, -0.2) is 42.0 Å². The highest BCUT2D eigenvalue weighted by Gasteiger charge is 2.25. The third kappa shape index (κ3) is 5.08. The fourth-order valence-electron chi connectivity index (χ4n) is 3.09. The molecule has 166 valence electrons. The lowest BCUT2D eigenvalue weighted by molar-refractivity contribution is -0.117. The maximum atomic E-state index is 13.0. The number of nitrogens with zero attached hydrogens (tertiary/aromatic N) is 5. The van der Waals surface area contributed by atoms with Crippen LogP contribution >= 0.6 is 0 Å². The van der Waals surface area contributed by atoms with Gasteiger partial charge in [0.2, 0.25) is 5.91 Å². The first-order valence-corrected chi connectivity index (χ1v) is 10.2. The number of aliphatic hydroxyl groups excluding tert-OH is 1. The lowest BCUT2D eigenvalue weighted by Crippen LogP contribution is -2.34. The van der Waals surface area contributed by atoms with Gasteiger partial charge in [0.05, 0.1) is 24.0 Å². The van der Waals surface area contributed by atoms with E-state index in [4.69, 9.17) is 4.74 Å². The first-order valence-electron chi connectivity index (χ1n) is 10.2. The van der Waals surface area contributed by atoms with Crippen molar-refractivity contribution in [1.82, 2.24) is 24.4 Å². The predicted molar refractivity (Wildman–Crippen MR) is 115 cm³/mol. The number of carbonyl (C=O) groups excluding carboxylic acids is 1. The van der Waals surface area contributed by atoms with E-state index in [0.29, 0.717) is 29.4 Å². The number of pyridine rings is 1. The first-order chi connectivity index (χ1) is 14.7. The topological polar surface area (TPSA) is 124 Å². The van der Waals surface area contributed by atoms with E-state index in [1.165, 1.54) is 13.3 Å². The van der Waals surface area contributed by atoms with E-state index in [1.54, 1.807) is 22.7 Å². The Kier molecular flexibility index (Phi) is 6.69. The van der Waals surface area contributed by atoms with Gasteiger partial charge in [-0.2, -0.15) is 5.10 Å². The molecule has 1 amide bonds. The fourth-order valence-corrected chi connectivity index (χ4v) is 3.09. The van der Waals surface area contributed by atoms with Crippen LogP contribution in [0.4, 0.5) is 5.69 Å². The van der Waals surface area contributed by atoms with Crippen LogP contribution in [0.15, 0.2) is 29.5 Å². The highest BCUT2D eigenvalue weighted by molar-refractivity contribution is 5.90. The number of nitrogens with one attached hydrogen (secondary N) is 1. The minimum absolute atomic E-state index is 0.0780. The standard InChI is InChI=1S/C21H28N6O4/c1-12(2)10-31-20-18(14(5)28)21(30)27(25-19(20)13(3)4)9-17(29)23-15-6-7-16-24-22-11-26(16)8-15/h6-8,11-14,28H,9-10H2,1-5H3,(H,23,29). The largest absolute Gasteiger partial charge is 0.491 e. The van der Waals surface area contributed by atoms with Crippen molar-refractivity contribution in [2.24, 2.45) is 5.92 Å². The van der Waals surface area contributed by atoms with Gasteiger partial charge in [-0.15, -0.1) is 10.2 Å². The number of ether oxygens (including phenoxy) is 1. The molecule has 10 nitrogen and oxygen atoms in total. The zero-order valence-corrected chi connectivity index (χ0v) is 18.4. The summed E-state index contributed by atoms with van der Waals surface area (Å²) < 4.78 is 8.62. The van der Waals surface area contributed by atoms with Crippen molar-refractivity contribution < 1.29 is 14.6 Å². The van der Waals surface area contributed by atoms with Gasteiger partial charge in [0, 0.05) is 12.1 Å². The summed E-state index contributed by atoms with van der Waals surface area (Å²) in [5, 5.41) is 25.1. The second kappa shape index (κ2) is 9.25. The SMILES string of the molecule is CC(C)COc1c(C(C)C)nn(CC(=O)Nc2ccc3nncn3c2)c(=O)c1C(C)O. The number of aromatic nitrogens is 5. The smallest absolute Gasteiger partial charge is 0.276 e. The molecule has 0 aliphatic heterocycles. The zero-order valence-electron chi connectivity index (χ0n) is 18.4. The van der Waals surface area contributed by atoms with Gasteiger partial charge >= 0.3 is 0 Å². The van der Waals surface area contributed by atoms with E-state index in [-0.39, 0.29) is 23.9 Å². The summed E-state index contributed by atoms with van der Waals surface area (Å²) in [5.74, 6) is 0.0337. The molecule has 1 atom stereocenters. The van der Waals surface area contributed by atoms with Crippen LogP contribution in [0.1, 0.15) is 57.9 Å². The highest BCUT2D eigenvalue weighted by Crippen LogP contribution is 2.30. The molecule has 0 aliphatic rings. The van der Waals surface area contributed by atoms with Crippen LogP contribution in [0.3, 0.4) is 0 Å². The molecule has 1 unspecified atom stereocenters. The second-order valence-electron chi connectivity index (χ2n) is 8.19. The molecule has 10 heteroatoms. The highest BCUT2D eigenvalue weighted by atomic mass is 16.5. The van der Waals surface area contributed by atoms with Gasteiger partial charge < -0.3 is 15.2 Å². The molecule has 0 bridgehead atoms. The van der Waals surface area contributed by atoms with Gasteiger partial charge in [0.25, 0.3) is 5.56 Å². The molecule has 0 aromatic carbocycles. The maximum absolute atomic E-state index is 13.0. The van der Waals surface area contributed by atoms with Crippen molar-refractivity contribution in [3.8, 4) is 5.75 Å². The number of rotatable bonds is 8. The van der Waals surface area contributed by atoms with E-state index < -0.39 is 17.6 Å². The summed E-state index contributed by atoms with van der Waals surface area (Å²) >= 11 is 0. The van der Waals surface area contributed by atoms with Crippen LogP contribution in [0.25, 0.3) is 5.65 Å². The first kappa shape index (κ1) is 22.4. The van der Waals surface area contributed by atoms with Crippen LogP contribution in [0.2, 0.25) is 0 Å². The molecule has 0 aliphatic carbocycles. The number of amides is 1. The summed E-state index contributed by atoms with van der Waals surface area (Å²) in [4.78, 5) is 25.7. The molecule has 3 aromatic heterocycles. The number of hydrogen-bond donors (Lipinski definition) is 2. The number of anilines is 1. The van der Waals surface area contributed by atoms with E-state index >= 15 is 0 Å². The summed E-state index contributed by atoms with van der Waals surface area (Å²) in [6.45, 7) is 9.40. The average molecular weight is 428 g/mol. The molecular formula is C21H28N6O4. The van der Waals surface area contributed by atoms with Crippen molar-refractivity contribution in [2.45, 2.75) is 53.2 Å². The molecule has 0 radical (unpaired) electrons. The molecule has 2 N–H and O–H groups in total. The van der Waals surface area contributed by atoms with Crippen molar-refractivity contribution in [3.05, 3.63) is 46.3 Å². The summed E-state index contributed by atoms with van der Waals surface area (Å²) in [6.07, 6.45) is 2.13. The van der Waals surface area contributed by atoms with Crippen LogP contribution in [0.5, 0.6) is 5.75 Å². The lowest BCUT2D eigenvalue weighted by atomic mass is 10.0. The molecule has 0 spiro atoms. The normalized spacial score (nSPS) is 12.5. The average Bonchev–Trinajstić information content (AvgIpc) is 3.15. The lowest BCUT2D eigenvalue weighted by Gasteiger charge is -2.21. The van der Waals surface area contributed by atoms with Gasteiger partial charge in [-0.25, -0.2) is 4.68 Å². The minimum atomic E-state index is -1.07. The Labute approximate surface area is 179 Å². The molecule has 0 saturated heterocycles. The van der Waals surface area contributed by atoms with Crippen molar-refractivity contribution in [1.29, 1.82) is 0 Å². The molecule has 3 aromatic rings. The molecule has 31 heavy (non-hydrogen) atoms. The zero-order chi connectivity index (χ0) is 22.7. The van der Waals surface area contributed by atoms with Crippen molar-refractivity contribution >= 4 is 17.2 Å². The molecule has 0 saturated carbocycles. The van der Waals surface area contributed by atoms with Crippen LogP contribution < -0.4 is 15.6 Å². The van der Waals surface area contributed by atoms with E-state index in [2.05, 4.69) is 20.6 Å². The Morgan fingerprint density at radius 3 is 2.61 bits per heavy atom. The minimum Gasteiger partial charge on any atom is -0.491 e. The molecule has 3 heterocycles. The van der Waals surface area contributed by atoms with Crippen molar-refractivity contribution in [2.75, 3.05) is 11.9 Å². The van der Waals surface area contributed by atoms with Crippen LogP contribution in [0, 0.1) is 5.92 Å². The predicted octanol–water partition coefficient (Wildman–Crippen LogP) is 2.14. The maximum Gasteiger partial charge on any atom is 0.276 e. The quantitative estimate of drug-likeness (QED) is 0.563. The van der Waals surface area contributed by atoms with Gasteiger partial charge in [-0.3, -0.25) is 14.0 Å². The van der Waals surface area contributed by atoms with E-state index in [9.17, 15) is 14.7 Å². The number of hydrogen-bond acceptors (Lipinski definition) is 7. The molecular weight excluding hydrogens is 400 g/mol. The fraction of sp³-hybridized carbons (Fsp3) is 0.476. The van der Waals surface area contributed by atoms with Crippen LogP contribution in [-0.2, 0) is 11.3 Å². The monoisotopic (exact) mass is 428 g/mol. The van der Waals surface area contributed by atoms with Gasteiger partial charge in [0.15, 0.2) is 11.4 Å². The Bertz CT molecular complexity index is 1130. The van der Waals surface area contributed by atoms with Gasteiger partial charge in [-0.1, -0.05) is 27.7 Å². The van der Waals surface area contributed by atoms with Gasteiger partial charge in [0.1, 0.15) is 18.6 Å². The summed E-state index contributed by atoms with van der Waals surface area (Å²) in [7, 11) is 0. The third-order valence-corrected chi connectivity index (χ3v) is 4.56. The Morgan fingerprint density at radius 1 is 1.23 bits per heavy atom. The van der Waals surface area contributed by atoms with E-state index in [0.717, 1.165) is 4.68 Å². The molecule has 0 fully saturated rings. The second-order valence-corrected chi connectivity index (χ2v) is 8.19. The number of fused-ring (bicyclic) bond motifs is 1. The van der Waals surface area contributed by atoms with Crippen molar-refractivity contribution in [3.63, 3.8) is 0 Å². The molecule has 3 rings (SSSR count). The Balaban J connectivity index is 1.92. The number of carbonyl (C=O) groups is 1. The summed E-state index contributed by atoms with van der Waals surface area (Å²) in [5.41, 5.74) is 1.26.